The highest BCUT2D eigenvalue weighted by Gasteiger charge is 2.08. The molecule has 1 heterocycles. The molecule has 4 heteroatoms. The number of aromatic nitrogens is 1. The monoisotopic (exact) mass is 403 g/mol. The van der Waals surface area contributed by atoms with Gasteiger partial charge in [-0.1, -0.05) is 74.9 Å². The number of carbonyl (C=O) groups excluding carboxylic acids is 1. The third-order valence-corrected chi connectivity index (χ3v) is 4.73. The van der Waals surface area contributed by atoms with Crippen molar-refractivity contribution in [3.8, 4) is 11.1 Å². The van der Waals surface area contributed by atoms with Gasteiger partial charge in [0.1, 0.15) is 0 Å². The van der Waals surface area contributed by atoms with E-state index in [4.69, 9.17) is 0 Å². The molecule has 0 aliphatic carbocycles. The Balaban J connectivity index is 0.00000155. The fourth-order valence-corrected chi connectivity index (χ4v) is 3.13. The number of hydrogen-bond donors (Lipinski definition) is 2. The van der Waals surface area contributed by atoms with E-state index in [9.17, 15) is 4.79 Å². The minimum atomic E-state index is -0.0722. The van der Waals surface area contributed by atoms with Crippen LogP contribution in [-0.4, -0.2) is 17.4 Å². The fraction of sp³-hybridized carbons (Fsp3) is 0.308. The normalized spacial score (nSPS) is 10.2. The molecule has 3 rings (SSSR count). The zero-order valence-electron chi connectivity index (χ0n) is 18.8. The molecule has 0 atom stereocenters. The molecule has 30 heavy (non-hydrogen) atoms. The molecule has 0 saturated heterocycles. The third kappa shape index (κ3) is 6.82. The summed E-state index contributed by atoms with van der Waals surface area (Å²) in [7, 11) is 0. The number of amides is 1. The van der Waals surface area contributed by atoms with Gasteiger partial charge in [-0.15, -0.1) is 0 Å². The van der Waals surface area contributed by atoms with Crippen LogP contribution >= 0.6 is 0 Å². The first-order chi connectivity index (χ1) is 14.5. The van der Waals surface area contributed by atoms with Crippen LogP contribution in [0.25, 0.3) is 11.1 Å². The number of carbonyl (C=O) groups is 1. The van der Waals surface area contributed by atoms with E-state index < -0.39 is 0 Å². The number of benzene rings is 2. The van der Waals surface area contributed by atoms with Gasteiger partial charge in [-0.25, -0.2) is 0 Å². The molecule has 0 bridgehead atoms. The number of rotatable bonds is 7. The van der Waals surface area contributed by atoms with Crippen LogP contribution < -0.4 is 10.6 Å². The van der Waals surface area contributed by atoms with Crippen molar-refractivity contribution in [2.24, 2.45) is 0 Å². The Morgan fingerprint density at radius 2 is 1.67 bits per heavy atom. The lowest BCUT2D eigenvalue weighted by Crippen LogP contribution is -2.28. The second kappa shape index (κ2) is 11.9. The standard InChI is InChI=1S/C24H27N3O.C2H6/c1-4-19-8-6-10-21(12-19)22-13-23(18(3)26-15-22)27-24(28)16-25-14-20-9-5-7-17(2)11-20;1-2/h5-13,15,25H,4,14,16H2,1-3H3,(H,27,28);1-2H3. The Hall–Kier alpha value is -2.98. The number of nitrogens with one attached hydrogen (secondary N) is 2. The molecule has 0 fully saturated rings. The molecule has 0 radical (unpaired) electrons. The summed E-state index contributed by atoms with van der Waals surface area (Å²) in [4.78, 5) is 16.8. The molecule has 0 saturated carbocycles. The summed E-state index contributed by atoms with van der Waals surface area (Å²) in [5, 5.41) is 6.18. The molecule has 4 nitrogen and oxygen atoms in total. The Morgan fingerprint density at radius 3 is 2.40 bits per heavy atom. The van der Waals surface area contributed by atoms with Crippen LogP contribution in [0.1, 0.15) is 43.2 Å². The van der Waals surface area contributed by atoms with Crippen LogP contribution in [0.15, 0.2) is 60.8 Å². The van der Waals surface area contributed by atoms with E-state index in [0.29, 0.717) is 6.54 Å². The van der Waals surface area contributed by atoms with E-state index >= 15 is 0 Å². The van der Waals surface area contributed by atoms with Gasteiger partial charge in [-0.3, -0.25) is 9.78 Å². The quantitative estimate of drug-likeness (QED) is 0.533. The minimum Gasteiger partial charge on any atom is -0.323 e. The van der Waals surface area contributed by atoms with Gasteiger partial charge in [0.05, 0.1) is 17.9 Å². The minimum absolute atomic E-state index is 0.0722. The van der Waals surface area contributed by atoms with Gasteiger partial charge in [0.2, 0.25) is 5.91 Å². The zero-order chi connectivity index (χ0) is 21.9. The Bertz CT molecular complexity index is 966. The Kier molecular flexibility index (Phi) is 9.23. The van der Waals surface area contributed by atoms with Crippen LogP contribution in [0.4, 0.5) is 5.69 Å². The van der Waals surface area contributed by atoms with Crippen LogP contribution in [0.5, 0.6) is 0 Å². The van der Waals surface area contributed by atoms with E-state index in [-0.39, 0.29) is 12.5 Å². The third-order valence-electron chi connectivity index (χ3n) is 4.73. The fourth-order valence-electron chi connectivity index (χ4n) is 3.13. The van der Waals surface area contributed by atoms with Crippen molar-refractivity contribution in [3.63, 3.8) is 0 Å². The van der Waals surface area contributed by atoms with Gasteiger partial charge in [0.25, 0.3) is 0 Å². The van der Waals surface area contributed by atoms with Gasteiger partial charge >= 0.3 is 0 Å². The lowest BCUT2D eigenvalue weighted by atomic mass is 10.0. The number of anilines is 1. The molecule has 0 spiro atoms. The van der Waals surface area contributed by atoms with Crippen molar-refractivity contribution in [2.45, 2.75) is 47.6 Å². The largest absolute Gasteiger partial charge is 0.323 e. The maximum Gasteiger partial charge on any atom is 0.238 e. The molecule has 2 aromatic carbocycles. The van der Waals surface area contributed by atoms with Crippen LogP contribution in [0.2, 0.25) is 0 Å². The number of hydrogen-bond acceptors (Lipinski definition) is 3. The Labute approximate surface area is 180 Å². The van der Waals surface area contributed by atoms with E-state index in [2.05, 4.69) is 71.9 Å². The second-order valence-electron chi connectivity index (χ2n) is 7.05. The van der Waals surface area contributed by atoms with Gasteiger partial charge < -0.3 is 10.6 Å². The number of pyridine rings is 1. The lowest BCUT2D eigenvalue weighted by Gasteiger charge is -2.11. The van der Waals surface area contributed by atoms with Gasteiger partial charge in [-0.2, -0.15) is 0 Å². The number of nitrogens with zero attached hydrogens (tertiary/aromatic N) is 1. The summed E-state index contributed by atoms with van der Waals surface area (Å²) in [6.45, 7) is 11.0. The van der Waals surface area contributed by atoms with Crippen molar-refractivity contribution < 1.29 is 4.79 Å². The van der Waals surface area contributed by atoms with Crippen molar-refractivity contribution >= 4 is 11.6 Å². The van der Waals surface area contributed by atoms with Crippen molar-refractivity contribution in [1.82, 2.24) is 10.3 Å². The summed E-state index contributed by atoms with van der Waals surface area (Å²) in [5.41, 5.74) is 7.34. The molecular weight excluding hydrogens is 370 g/mol. The molecule has 0 aliphatic heterocycles. The SMILES string of the molecule is CC.CCc1cccc(-c2cnc(C)c(NC(=O)CNCc3cccc(C)c3)c2)c1. The van der Waals surface area contributed by atoms with Crippen LogP contribution in [-0.2, 0) is 17.8 Å². The van der Waals surface area contributed by atoms with Gasteiger partial charge in [0.15, 0.2) is 0 Å². The molecule has 2 N–H and O–H groups in total. The highest BCUT2D eigenvalue weighted by atomic mass is 16.1. The summed E-state index contributed by atoms with van der Waals surface area (Å²) in [6.07, 6.45) is 2.85. The van der Waals surface area contributed by atoms with E-state index in [1.54, 1.807) is 0 Å². The molecule has 1 amide bonds. The van der Waals surface area contributed by atoms with Crippen LogP contribution in [0.3, 0.4) is 0 Å². The molecular formula is C26H33N3O. The average molecular weight is 404 g/mol. The van der Waals surface area contributed by atoms with Gasteiger partial charge in [0, 0.05) is 18.3 Å². The predicted octanol–water partition coefficient (Wildman–Crippen LogP) is 5.68. The molecule has 0 unspecified atom stereocenters. The zero-order valence-corrected chi connectivity index (χ0v) is 18.8. The van der Waals surface area contributed by atoms with E-state index in [1.165, 1.54) is 16.7 Å². The Morgan fingerprint density at radius 1 is 0.933 bits per heavy atom. The maximum absolute atomic E-state index is 12.4. The lowest BCUT2D eigenvalue weighted by molar-refractivity contribution is -0.115. The predicted molar refractivity (Wildman–Crippen MR) is 127 cm³/mol. The second-order valence-corrected chi connectivity index (χ2v) is 7.05. The first kappa shape index (κ1) is 23.3. The summed E-state index contributed by atoms with van der Waals surface area (Å²) in [5.74, 6) is -0.0722. The van der Waals surface area contributed by atoms with Crippen molar-refractivity contribution in [1.29, 1.82) is 0 Å². The first-order valence-electron chi connectivity index (χ1n) is 10.7. The molecule has 1 aromatic heterocycles. The van der Waals surface area contributed by atoms with E-state index in [0.717, 1.165) is 28.9 Å². The van der Waals surface area contributed by atoms with E-state index in [1.807, 2.05) is 39.1 Å². The first-order valence-corrected chi connectivity index (χ1v) is 10.7. The van der Waals surface area contributed by atoms with Crippen molar-refractivity contribution in [2.75, 3.05) is 11.9 Å². The highest BCUT2D eigenvalue weighted by Crippen LogP contribution is 2.24. The van der Waals surface area contributed by atoms with Crippen molar-refractivity contribution in [3.05, 3.63) is 83.2 Å². The average Bonchev–Trinajstić information content (AvgIpc) is 2.77. The summed E-state index contributed by atoms with van der Waals surface area (Å²) in [6, 6.07) is 18.7. The topological polar surface area (TPSA) is 54.0 Å². The smallest absolute Gasteiger partial charge is 0.238 e. The number of aryl methyl sites for hydroxylation is 3. The van der Waals surface area contributed by atoms with Crippen LogP contribution in [0, 0.1) is 13.8 Å². The molecule has 0 aliphatic rings. The maximum atomic E-state index is 12.4. The summed E-state index contributed by atoms with van der Waals surface area (Å²) < 4.78 is 0. The highest BCUT2D eigenvalue weighted by molar-refractivity contribution is 5.93. The summed E-state index contributed by atoms with van der Waals surface area (Å²) >= 11 is 0. The molecule has 3 aromatic rings. The molecule has 158 valence electrons. The van der Waals surface area contributed by atoms with Gasteiger partial charge in [-0.05, 0) is 43.0 Å².